The van der Waals surface area contributed by atoms with Crippen molar-refractivity contribution in [3.05, 3.63) is 66.7 Å². The number of aromatic nitrogens is 6. The van der Waals surface area contributed by atoms with Gasteiger partial charge in [0.05, 0.1) is 11.8 Å². The minimum atomic E-state index is -0.319. The van der Waals surface area contributed by atoms with E-state index in [1.165, 1.54) is 0 Å². The number of nitrogens with zero attached hydrogens (tertiary/aromatic N) is 5. The number of amides is 1. The van der Waals surface area contributed by atoms with Crippen LogP contribution < -0.4 is 5.32 Å². The molecule has 1 amide bonds. The summed E-state index contributed by atoms with van der Waals surface area (Å²) >= 11 is 0. The number of carbonyl (C=O) groups is 1. The molecule has 0 atom stereocenters. The van der Waals surface area contributed by atoms with Crippen LogP contribution in [0, 0.1) is 0 Å². The molecule has 4 heterocycles. The van der Waals surface area contributed by atoms with E-state index < -0.39 is 0 Å². The van der Waals surface area contributed by atoms with Crippen LogP contribution >= 0.6 is 0 Å². The number of rotatable bonds is 4. The van der Waals surface area contributed by atoms with Crippen LogP contribution in [0.15, 0.2) is 65.6 Å². The molecule has 0 aliphatic rings. The summed E-state index contributed by atoms with van der Waals surface area (Å²) in [5.74, 6) is -0.0370. The van der Waals surface area contributed by atoms with Crippen molar-refractivity contribution in [3.8, 4) is 22.6 Å². The fourth-order valence-corrected chi connectivity index (χ4v) is 3.05. The molecule has 5 aromatic rings. The molecule has 0 bridgehead atoms. The third kappa shape index (κ3) is 3.14. The monoisotopic (exact) mass is 385 g/mol. The number of H-pyrrole nitrogens is 1. The van der Waals surface area contributed by atoms with Crippen molar-refractivity contribution in [2.45, 2.75) is 0 Å². The summed E-state index contributed by atoms with van der Waals surface area (Å²) in [4.78, 5) is 19.8. The molecular weight excluding hydrogens is 370 g/mol. The Balaban J connectivity index is 1.46. The zero-order valence-corrected chi connectivity index (χ0v) is 15.3. The van der Waals surface area contributed by atoms with Gasteiger partial charge in [0, 0.05) is 47.7 Å². The topological polar surface area (TPSA) is 115 Å². The zero-order valence-electron chi connectivity index (χ0n) is 15.3. The molecule has 0 aliphatic carbocycles. The van der Waals surface area contributed by atoms with Gasteiger partial charge in [-0.2, -0.15) is 5.10 Å². The molecule has 2 N–H and O–H groups in total. The lowest BCUT2D eigenvalue weighted by molar-refractivity contribution is 0.102. The minimum absolute atomic E-state index is 0.0274. The molecule has 9 nitrogen and oxygen atoms in total. The normalized spacial score (nSPS) is 11.1. The second kappa shape index (κ2) is 6.71. The Bertz CT molecular complexity index is 1320. The maximum absolute atomic E-state index is 12.3. The fourth-order valence-electron chi connectivity index (χ4n) is 3.05. The zero-order chi connectivity index (χ0) is 19.8. The second-order valence-electron chi connectivity index (χ2n) is 6.46. The Morgan fingerprint density at radius 3 is 2.79 bits per heavy atom. The summed E-state index contributed by atoms with van der Waals surface area (Å²) in [6.07, 6.45) is 7.22. The number of pyridine rings is 1. The van der Waals surface area contributed by atoms with E-state index in [0.29, 0.717) is 16.8 Å². The van der Waals surface area contributed by atoms with Crippen LogP contribution in [0.1, 0.15) is 10.4 Å². The predicted molar refractivity (Wildman–Crippen MR) is 106 cm³/mol. The lowest BCUT2D eigenvalue weighted by Gasteiger charge is -2.00. The molecule has 9 heteroatoms. The number of aromatic amines is 1. The summed E-state index contributed by atoms with van der Waals surface area (Å²) in [5, 5.41) is 15.6. The Morgan fingerprint density at radius 2 is 2.00 bits per heavy atom. The van der Waals surface area contributed by atoms with Crippen molar-refractivity contribution >= 4 is 23.0 Å². The van der Waals surface area contributed by atoms with Crippen LogP contribution in [-0.4, -0.2) is 35.9 Å². The summed E-state index contributed by atoms with van der Waals surface area (Å²) < 4.78 is 7.39. The van der Waals surface area contributed by atoms with Crippen molar-refractivity contribution in [2.75, 3.05) is 5.32 Å². The third-order valence-corrected chi connectivity index (χ3v) is 4.48. The fraction of sp³-hybridized carbons (Fsp3) is 0.0500. The van der Waals surface area contributed by atoms with Gasteiger partial charge in [-0.25, -0.2) is 4.98 Å². The number of benzene rings is 1. The highest BCUT2D eigenvalue weighted by Gasteiger charge is 2.17. The first-order chi connectivity index (χ1) is 14.2. The molecule has 5 rings (SSSR count). The maximum Gasteiger partial charge on any atom is 0.322 e. The van der Waals surface area contributed by atoms with E-state index in [0.717, 1.165) is 16.5 Å². The van der Waals surface area contributed by atoms with Gasteiger partial charge in [0.1, 0.15) is 5.65 Å². The number of hydrogen-bond acceptors (Lipinski definition) is 6. The number of fused-ring (bicyclic) bond motifs is 1. The molecule has 0 saturated carbocycles. The Hall–Kier alpha value is -4.27. The Labute approximate surface area is 164 Å². The second-order valence-corrected chi connectivity index (χ2v) is 6.46. The molecule has 0 fully saturated rings. The number of carbonyl (C=O) groups excluding carboxylic acids is 1. The van der Waals surface area contributed by atoms with Crippen molar-refractivity contribution in [2.24, 2.45) is 7.05 Å². The minimum Gasteiger partial charge on any atom is -0.403 e. The number of anilines is 1. The third-order valence-electron chi connectivity index (χ3n) is 4.48. The van der Waals surface area contributed by atoms with Crippen LogP contribution in [0.25, 0.3) is 33.6 Å². The largest absolute Gasteiger partial charge is 0.403 e. The Kier molecular flexibility index (Phi) is 3.91. The SMILES string of the molecule is Cn1cc(-c2cnc3[nH]cc(-c4nnc(NC(=O)c5ccccc5)o4)c3c2)cn1. The first kappa shape index (κ1) is 16.9. The molecular formula is C20H15N7O2. The van der Waals surface area contributed by atoms with Gasteiger partial charge in [0.2, 0.25) is 0 Å². The highest BCUT2D eigenvalue weighted by Crippen LogP contribution is 2.30. The van der Waals surface area contributed by atoms with Gasteiger partial charge in [-0.15, -0.1) is 5.10 Å². The molecule has 0 aliphatic heterocycles. The molecule has 0 saturated heterocycles. The summed E-state index contributed by atoms with van der Waals surface area (Å²) in [6.45, 7) is 0. The van der Waals surface area contributed by atoms with Gasteiger partial charge in [0.25, 0.3) is 11.8 Å². The van der Waals surface area contributed by atoms with E-state index in [4.69, 9.17) is 4.42 Å². The van der Waals surface area contributed by atoms with E-state index in [1.54, 1.807) is 47.5 Å². The first-order valence-electron chi connectivity index (χ1n) is 8.84. The lowest BCUT2D eigenvalue weighted by atomic mass is 10.1. The average Bonchev–Trinajstić information content (AvgIpc) is 3.47. The predicted octanol–water partition coefficient (Wildman–Crippen LogP) is 3.27. The van der Waals surface area contributed by atoms with Gasteiger partial charge in [-0.1, -0.05) is 23.3 Å². The van der Waals surface area contributed by atoms with E-state index in [-0.39, 0.29) is 17.8 Å². The van der Waals surface area contributed by atoms with Crippen LogP contribution in [0.4, 0.5) is 6.01 Å². The quantitative estimate of drug-likeness (QED) is 0.491. The summed E-state index contributed by atoms with van der Waals surface area (Å²) in [6, 6.07) is 10.8. The lowest BCUT2D eigenvalue weighted by Crippen LogP contribution is -2.11. The van der Waals surface area contributed by atoms with Crippen molar-refractivity contribution in [3.63, 3.8) is 0 Å². The first-order valence-corrected chi connectivity index (χ1v) is 8.84. The van der Waals surface area contributed by atoms with Crippen LogP contribution in [0.2, 0.25) is 0 Å². The maximum atomic E-state index is 12.3. The average molecular weight is 385 g/mol. The summed E-state index contributed by atoms with van der Waals surface area (Å²) in [7, 11) is 1.86. The highest BCUT2D eigenvalue weighted by molar-refractivity contribution is 6.03. The molecule has 29 heavy (non-hydrogen) atoms. The summed E-state index contributed by atoms with van der Waals surface area (Å²) in [5.41, 5.74) is 3.77. The molecule has 0 radical (unpaired) electrons. The van der Waals surface area contributed by atoms with E-state index in [1.807, 2.05) is 25.4 Å². The molecule has 0 spiro atoms. The van der Waals surface area contributed by atoms with Crippen molar-refractivity contribution < 1.29 is 9.21 Å². The van der Waals surface area contributed by atoms with Crippen LogP contribution in [-0.2, 0) is 7.05 Å². The number of aryl methyl sites for hydroxylation is 1. The molecule has 142 valence electrons. The standard InChI is InChI=1S/C20H15N7O2/c1-27-11-14(9-23-27)13-7-15-16(10-22-17(15)21-8-13)19-25-26-20(29-19)24-18(28)12-5-3-2-4-6-12/h2-11H,1H3,(H,21,22)(H,24,26,28). The number of nitrogens with one attached hydrogen (secondary N) is 2. The molecule has 4 aromatic heterocycles. The molecule has 1 aromatic carbocycles. The number of hydrogen-bond donors (Lipinski definition) is 2. The van der Waals surface area contributed by atoms with Gasteiger partial charge in [-0.3, -0.25) is 14.8 Å². The highest BCUT2D eigenvalue weighted by atomic mass is 16.4. The van der Waals surface area contributed by atoms with Gasteiger partial charge < -0.3 is 9.40 Å². The van der Waals surface area contributed by atoms with E-state index in [9.17, 15) is 4.79 Å². The molecule has 0 unspecified atom stereocenters. The van der Waals surface area contributed by atoms with E-state index >= 15 is 0 Å². The van der Waals surface area contributed by atoms with Crippen molar-refractivity contribution in [1.82, 2.24) is 29.9 Å². The smallest absolute Gasteiger partial charge is 0.322 e. The van der Waals surface area contributed by atoms with E-state index in [2.05, 4.69) is 30.6 Å². The van der Waals surface area contributed by atoms with Crippen molar-refractivity contribution in [1.29, 1.82) is 0 Å². The van der Waals surface area contributed by atoms with Crippen LogP contribution in [0.3, 0.4) is 0 Å². The van der Waals surface area contributed by atoms with Crippen LogP contribution in [0.5, 0.6) is 0 Å². The Morgan fingerprint density at radius 1 is 1.14 bits per heavy atom. The van der Waals surface area contributed by atoms with Gasteiger partial charge >= 0.3 is 6.01 Å². The van der Waals surface area contributed by atoms with Gasteiger partial charge in [-0.05, 0) is 18.2 Å². The van der Waals surface area contributed by atoms with Gasteiger partial charge in [0.15, 0.2) is 0 Å².